The van der Waals surface area contributed by atoms with Crippen LogP contribution < -0.4 is 15.6 Å². The number of hydrazine groups is 1. The number of hydrogen-bond acceptors (Lipinski definition) is 6. The average molecular weight is 378 g/mol. The topological polar surface area (TPSA) is 76.1 Å². The summed E-state index contributed by atoms with van der Waals surface area (Å²) in [7, 11) is 1.62. The van der Waals surface area contributed by atoms with Crippen LogP contribution in [0.5, 0.6) is 5.75 Å². The Morgan fingerprint density at radius 3 is 2.74 bits per heavy atom. The van der Waals surface area contributed by atoms with Crippen molar-refractivity contribution in [1.82, 2.24) is 15.4 Å². The Morgan fingerprint density at radius 1 is 1.07 bits per heavy atom. The third kappa shape index (κ3) is 3.29. The Balaban J connectivity index is 1.55. The lowest BCUT2D eigenvalue weighted by atomic mass is 10.1. The third-order valence-electron chi connectivity index (χ3n) is 4.30. The lowest BCUT2D eigenvalue weighted by Crippen LogP contribution is -2.29. The fraction of sp³-hybridized carbons (Fsp3) is 0.150. The second kappa shape index (κ2) is 6.85. The number of aryl methyl sites for hydroxylation is 2. The first-order valence-electron chi connectivity index (χ1n) is 8.43. The van der Waals surface area contributed by atoms with Crippen LogP contribution in [-0.2, 0) is 0 Å². The minimum absolute atomic E-state index is 0.236. The van der Waals surface area contributed by atoms with Crippen LogP contribution in [0.2, 0.25) is 0 Å². The maximum absolute atomic E-state index is 12.5. The molecular formula is C20H18N4O2S. The Hall–Kier alpha value is -3.19. The molecule has 0 fully saturated rings. The van der Waals surface area contributed by atoms with E-state index in [-0.39, 0.29) is 5.91 Å². The monoisotopic (exact) mass is 378 g/mol. The van der Waals surface area contributed by atoms with Crippen molar-refractivity contribution in [3.05, 3.63) is 59.3 Å². The van der Waals surface area contributed by atoms with E-state index >= 15 is 0 Å². The zero-order chi connectivity index (χ0) is 19.0. The van der Waals surface area contributed by atoms with Crippen LogP contribution in [0.1, 0.15) is 21.6 Å². The summed E-state index contributed by atoms with van der Waals surface area (Å²) < 4.78 is 6.39. The van der Waals surface area contributed by atoms with Crippen LogP contribution in [-0.4, -0.2) is 23.0 Å². The van der Waals surface area contributed by atoms with Gasteiger partial charge >= 0.3 is 0 Å². The summed E-state index contributed by atoms with van der Waals surface area (Å²) in [6.07, 6.45) is 0. The normalized spacial score (nSPS) is 10.9. The van der Waals surface area contributed by atoms with Crippen LogP contribution in [0, 0.1) is 13.8 Å². The van der Waals surface area contributed by atoms with Crippen molar-refractivity contribution < 1.29 is 9.53 Å². The highest BCUT2D eigenvalue weighted by Crippen LogP contribution is 2.34. The van der Waals surface area contributed by atoms with Gasteiger partial charge in [-0.1, -0.05) is 23.5 Å². The zero-order valence-corrected chi connectivity index (χ0v) is 16.0. The lowest BCUT2D eigenvalue weighted by Gasteiger charge is -2.06. The Bertz CT molecular complexity index is 1170. The molecule has 6 nitrogen and oxygen atoms in total. The highest BCUT2D eigenvalue weighted by atomic mass is 32.1. The van der Waals surface area contributed by atoms with Gasteiger partial charge in [0.1, 0.15) is 11.3 Å². The van der Waals surface area contributed by atoms with Crippen molar-refractivity contribution in [2.45, 2.75) is 13.8 Å². The molecule has 4 aromatic rings. The lowest BCUT2D eigenvalue weighted by molar-refractivity contribution is 0.0963. The minimum Gasteiger partial charge on any atom is -0.494 e. The summed E-state index contributed by atoms with van der Waals surface area (Å²) in [5.74, 6) is 0.476. The molecule has 0 radical (unpaired) electrons. The number of aromatic nitrogens is 2. The molecule has 0 bridgehead atoms. The second-order valence-corrected chi connectivity index (χ2v) is 7.22. The highest BCUT2D eigenvalue weighted by Gasteiger charge is 2.12. The molecule has 2 N–H and O–H groups in total. The molecule has 27 heavy (non-hydrogen) atoms. The number of rotatable bonds is 4. The van der Waals surface area contributed by atoms with E-state index in [4.69, 9.17) is 4.74 Å². The smallest absolute Gasteiger partial charge is 0.269 e. The largest absolute Gasteiger partial charge is 0.494 e. The number of hydrogen-bond donors (Lipinski definition) is 2. The second-order valence-electron chi connectivity index (χ2n) is 6.22. The summed E-state index contributed by atoms with van der Waals surface area (Å²) in [4.78, 5) is 21.5. The van der Waals surface area contributed by atoms with Gasteiger partial charge in [0.15, 0.2) is 0 Å². The van der Waals surface area contributed by atoms with Crippen LogP contribution in [0.25, 0.3) is 21.1 Å². The summed E-state index contributed by atoms with van der Waals surface area (Å²) in [6, 6.07) is 13.2. The van der Waals surface area contributed by atoms with E-state index in [0.29, 0.717) is 16.4 Å². The standard InChI is InChI=1S/C20H18N4O2S/c1-11-4-9-16(26-3)17-18(11)27-20(22-17)24-23-19(25)14-7-8-15-13(10-14)6-5-12(2)21-15/h4-10H,1-3H3,(H,22,24)(H,23,25). The molecule has 0 saturated carbocycles. The van der Waals surface area contributed by atoms with E-state index in [1.54, 1.807) is 13.2 Å². The zero-order valence-electron chi connectivity index (χ0n) is 15.2. The molecule has 2 aromatic carbocycles. The van der Waals surface area contributed by atoms with Crippen LogP contribution in [0.3, 0.4) is 0 Å². The number of carbonyl (C=O) groups is 1. The molecule has 7 heteroatoms. The number of nitrogens with one attached hydrogen (secondary N) is 2. The Labute approximate surface area is 160 Å². The summed E-state index contributed by atoms with van der Waals surface area (Å²) >= 11 is 1.47. The number of fused-ring (bicyclic) bond motifs is 2. The minimum atomic E-state index is -0.236. The fourth-order valence-electron chi connectivity index (χ4n) is 2.88. The van der Waals surface area contributed by atoms with Crippen molar-refractivity contribution in [1.29, 1.82) is 0 Å². The average Bonchev–Trinajstić information content (AvgIpc) is 3.11. The molecule has 0 aliphatic rings. The van der Waals surface area contributed by atoms with E-state index in [1.807, 2.05) is 50.2 Å². The summed E-state index contributed by atoms with van der Waals surface area (Å²) in [5, 5.41) is 1.53. The molecule has 136 valence electrons. The van der Waals surface area contributed by atoms with E-state index in [1.165, 1.54) is 11.3 Å². The molecule has 0 unspecified atom stereocenters. The molecule has 2 heterocycles. The SMILES string of the molecule is COc1ccc(C)c2sc(NNC(=O)c3ccc4nc(C)ccc4c3)nc12. The van der Waals surface area contributed by atoms with Crippen molar-refractivity contribution >= 4 is 43.5 Å². The van der Waals surface area contributed by atoms with Crippen molar-refractivity contribution in [3.8, 4) is 5.75 Å². The predicted molar refractivity (Wildman–Crippen MR) is 108 cm³/mol. The van der Waals surface area contributed by atoms with Crippen molar-refractivity contribution in [2.24, 2.45) is 0 Å². The van der Waals surface area contributed by atoms with E-state index in [0.717, 1.165) is 32.4 Å². The molecule has 0 atom stereocenters. The van der Waals surface area contributed by atoms with E-state index in [9.17, 15) is 4.79 Å². The Kier molecular flexibility index (Phi) is 4.37. The predicted octanol–water partition coefficient (Wildman–Crippen LogP) is 4.23. The highest BCUT2D eigenvalue weighted by molar-refractivity contribution is 7.22. The molecular weight excluding hydrogens is 360 g/mol. The molecule has 4 rings (SSSR count). The number of thiazole rings is 1. The number of amides is 1. The maximum atomic E-state index is 12.5. The molecule has 0 aliphatic heterocycles. The van der Waals surface area contributed by atoms with Gasteiger partial charge in [0, 0.05) is 16.6 Å². The van der Waals surface area contributed by atoms with Gasteiger partial charge in [-0.15, -0.1) is 0 Å². The third-order valence-corrected chi connectivity index (χ3v) is 5.40. The van der Waals surface area contributed by atoms with Crippen LogP contribution in [0.4, 0.5) is 5.13 Å². The first-order chi connectivity index (χ1) is 13.0. The van der Waals surface area contributed by atoms with Gasteiger partial charge < -0.3 is 4.74 Å². The molecule has 2 aromatic heterocycles. The molecule has 0 aliphatic carbocycles. The quantitative estimate of drug-likeness (QED) is 0.520. The van der Waals surface area contributed by atoms with Gasteiger partial charge in [-0.25, -0.2) is 4.98 Å². The number of carbonyl (C=O) groups excluding carboxylic acids is 1. The Morgan fingerprint density at radius 2 is 1.93 bits per heavy atom. The molecule has 0 spiro atoms. The maximum Gasteiger partial charge on any atom is 0.269 e. The van der Waals surface area contributed by atoms with Gasteiger partial charge in [-0.3, -0.25) is 20.6 Å². The molecule has 1 amide bonds. The van der Waals surface area contributed by atoms with Gasteiger partial charge in [0.2, 0.25) is 5.13 Å². The number of methoxy groups -OCH3 is 1. The number of benzene rings is 2. The fourth-order valence-corrected chi connectivity index (χ4v) is 3.78. The number of ether oxygens (including phenoxy) is 1. The molecule has 0 saturated heterocycles. The van der Waals surface area contributed by atoms with Gasteiger partial charge in [-0.2, -0.15) is 0 Å². The van der Waals surface area contributed by atoms with Crippen LogP contribution in [0.15, 0.2) is 42.5 Å². The van der Waals surface area contributed by atoms with Crippen molar-refractivity contribution in [2.75, 3.05) is 12.5 Å². The van der Waals surface area contributed by atoms with Crippen LogP contribution >= 0.6 is 11.3 Å². The first kappa shape index (κ1) is 17.2. The number of pyridine rings is 1. The van der Waals surface area contributed by atoms with Gasteiger partial charge in [0.05, 0.1) is 17.3 Å². The number of anilines is 1. The van der Waals surface area contributed by atoms with Gasteiger partial charge in [-0.05, 0) is 49.7 Å². The summed E-state index contributed by atoms with van der Waals surface area (Å²) in [6.45, 7) is 3.96. The van der Waals surface area contributed by atoms with Gasteiger partial charge in [0.25, 0.3) is 5.91 Å². The van der Waals surface area contributed by atoms with E-state index in [2.05, 4.69) is 20.8 Å². The van der Waals surface area contributed by atoms with E-state index < -0.39 is 0 Å². The first-order valence-corrected chi connectivity index (χ1v) is 9.25. The summed E-state index contributed by atoms with van der Waals surface area (Å²) in [5.41, 5.74) is 9.87. The number of nitrogens with zero attached hydrogens (tertiary/aromatic N) is 2. The van der Waals surface area contributed by atoms with Crippen molar-refractivity contribution in [3.63, 3.8) is 0 Å².